The summed E-state index contributed by atoms with van der Waals surface area (Å²) in [5.74, 6) is -0.867. The van der Waals surface area contributed by atoms with E-state index in [2.05, 4.69) is 5.32 Å². The van der Waals surface area contributed by atoms with Crippen molar-refractivity contribution in [2.24, 2.45) is 0 Å². The number of methoxy groups -OCH3 is 1. The van der Waals surface area contributed by atoms with E-state index >= 15 is 0 Å². The monoisotopic (exact) mass is 415 g/mol. The first-order valence-electron chi connectivity index (χ1n) is 9.44. The number of carboxylic acid groups (broad SMARTS) is 1. The molecule has 1 heterocycles. The Bertz CT molecular complexity index is 1200. The van der Waals surface area contributed by atoms with Crippen LogP contribution in [0.3, 0.4) is 0 Å². The number of rotatable bonds is 6. The van der Waals surface area contributed by atoms with E-state index < -0.39 is 11.9 Å². The Morgan fingerprint density at radius 2 is 1.74 bits per heavy atom. The number of aromatic nitrogens is 1. The average molecular weight is 415 g/mol. The molecule has 0 aliphatic carbocycles. The van der Waals surface area contributed by atoms with Crippen molar-refractivity contribution in [3.05, 3.63) is 82.7 Å². The van der Waals surface area contributed by atoms with Crippen LogP contribution in [0.2, 0.25) is 0 Å². The number of amides is 1. The normalized spacial score (nSPS) is 11.0. The molecular formula is C24H21N3O4. The minimum Gasteiger partial charge on any atom is -0.497 e. The zero-order valence-electron chi connectivity index (χ0n) is 17.3. The third kappa shape index (κ3) is 4.65. The highest BCUT2D eigenvalue weighted by Crippen LogP contribution is 2.24. The molecule has 2 N–H and O–H groups in total. The summed E-state index contributed by atoms with van der Waals surface area (Å²) in [4.78, 5) is 23.5. The summed E-state index contributed by atoms with van der Waals surface area (Å²) in [6.45, 7) is 3.87. The van der Waals surface area contributed by atoms with Crippen molar-refractivity contribution in [3.63, 3.8) is 0 Å². The predicted octanol–water partition coefficient (Wildman–Crippen LogP) is 4.35. The summed E-state index contributed by atoms with van der Waals surface area (Å²) in [5.41, 5.74) is 3.99. The van der Waals surface area contributed by atoms with E-state index in [1.54, 1.807) is 13.2 Å². The molecule has 2 aromatic carbocycles. The highest BCUT2D eigenvalue weighted by atomic mass is 16.5. The molecule has 0 atom stereocenters. The van der Waals surface area contributed by atoms with Crippen LogP contribution in [0.4, 0.5) is 5.69 Å². The molecule has 1 amide bonds. The molecule has 0 fully saturated rings. The third-order valence-electron chi connectivity index (χ3n) is 4.86. The molecular weight excluding hydrogens is 394 g/mol. The topological polar surface area (TPSA) is 104 Å². The van der Waals surface area contributed by atoms with Crippen molar-refractivity contribution in [2.45, 2.75) is 13.8 Å². The summed E-state index contributed by atoms with van der Waals surface area (Å²) in [5, 5.41) is 21.1. The third-order valence-corrected chi connectivity index (χ3v) is 4.86. The SMILES string of the molecule is COc1ccc(-n2c(C)cc(/C=C(/C#N)C(=O)Nc3ccc(C(=O)O)cc3)c2C)cc1. The van der Waals surface area contributed by atoms with Crippen LogP contribution in [-0.4, -0.2) is 28.7 Å². The van der Waals surface area contributed by atoms with Crippen LogP contribution in [0, 0.1) is 25.2 Å². The van der Waals surface area contributed by atoms with Crippen molar-refractivity contribution in [3.8, 4) is 17.5 Å². The van der Waals surface area contributed by atoms with E-state index in [4.69, 9.17) is 9.84 Å². The maximum atomic E-state index is 12.6. The van der Waals surface area contributed by atoms with E-state index in [9.17, 15) is 14.9 Å². The number of hydrogen-bond acceptors (Lipinski definition) is 4. The maximum Gasteiger partial charge on any atom is 0.335 e. The largest absolute Gasteiger partial charge is 0.497 e. The van der Waals surface area contributed by atoms with E-state index in [1.165, 1.54) is 24.3 Å². The van der Waals surface area contributed by atoms with Crippen LogP contribution in [-0.2, 0) is 4.79 Å². The number of carboxylic acids is 1. The molecule has 0 aliphatic rings. The van der Waals surface area contributed by atoms with Gasteiger partial charge >= 0.3 is 5.97 Å². The van der Waals surface area contributed by atoms with Gasteiger partial charge in [0, 0.05) is 22.8 Å². The Hall–Kier alpha value is -4.31. The fourth-order valence-electron chi connectivity index (χ4n) is 3.26. The van der Waals surface area contributed by atoms with Crippen molar-refractivity contribution in [1.82, 2.24) is 4.57 Å². The summed E-state index contributed by atoms with van der Waals surface area (Å²) in [6.07, 6.45) is 1.54. The van der Waals surface area contributed by atoms with Gasteiger partial charge in [-0.2, -0.15) is 5.26 Å². The number of nitrogens with one attached hydrogen (secondary N) is 1. The number of ether oxygens (including phenoxy) is 1. The minimum absolute atomic E-state index is 0.0581. The molecule has 156 valence electrons. The van der Waals surface area contributed by atoms with Gasteiger partial charge < -0.3 is 19.7 Å². The number of carbonyl (C=O) groups is 2. The summed E-state index contributed by atoms with van der Waals surface area (Å²) >= 11 is 0. The Kier molecular flexibility index (Phi) is 6.22. The van der Waals surface area contributed by atoms with Crippen LogP contribution in [0.1, 0.15) is 27.3 Å². The first-order chi connectivity index (χ1) is 14.8. The highest BCUT2D eigenvalue weighted by Gasteiger charge is 2.14. The molecule has 0 spiro atoms. The lowest BCUT2D eigenvalue weighted by Crippen LogP contribution is -2.13. The fourth-order valence-corrected chi connectivity index (χ4v) is 3.26. The number of anilines is 1. The van der Waals surface area contributed by atoms with Gasteiger partial charge in [-0.25, -0.2) is 4.79 Å². The van der Waals surface area contributed by atoms with Crippen molar-refractivity contribution >= 4 is 23.6 Å². The zero-order chi connectivity index (χ0) is 22.5. The lowest BCUT2D eigenvalue weighted by Gasteiger charge is -2.10. The molecule has 0 saturated carbocycles. The molecule has 3 rings (SSSR count). The summed E-state index contributed by atoms with van der Waals surface area (Å²) in [6, 6.07) is 17.2. The first kappa shape index (κ1) is 21.4. The highest BCUT2D eigenvalue weighted by molar-refractivity contribution is 6.09. The Morgan fingerprint density at radius 1 is 1.10 bits per heavy atom. The number of hydrogen-bond donors (Lipinski definition) is 2. The molecule has 7 nitrogen and oxygen atoms in total. The second-order valence-corrected chi connectivity index (χ2v) is 6.87. The van der Waals surface area contributed by atoms with Crippen LogP contribution in [0.15, 0.2) is 60.2 Å². The van der Waals surface area contributed by atoms with Gasteiger partial charge in [-0.3, -0.25) is 4.79 Å². The van der Waals surface area contributed by atoms with Gasteiger partial charge in [-0.1, -0.05) is 0 Å². The Balaban J connectivity index is 1.87. The predicted molar refractivity (Wildman–Crippen MR) is 117 cm³/mol. The average Bonchev–Trinajstić information content (AvgIpc) is 3.05. The maximum absolute atomic E-state index is 12.6. The van der Waals surface area contributed by atoms with Gasteiger partial charge in [0.15, 0.2) is 0 Å². The lowest BCUT2D eigenvalue weighted by atomic mass is 10.1. The molecule has 31 heavy (non-hydrogen) atoms. The van der Waals surface area contributed by atoms with Gasteiger partial charge in [0.1, 0.15) is 17.4 Å². The number of nitrogens with zero attached hydrogens (tertiary/aromatic N) is 2. The van der Waals surface area contributed by atoms with Crippen molar-refractivity contribution < 1.29 is 19.4 Å². The van der Waals surface area contributed by atoms with Crippen LogP contribution >= 0.6 is 0 Å². The number of carbonyl (C=O) groups excluding carboxylic acids is 1. The fraction of sp³-hybridized carbons (Fsp3) is 0.125. The number of aromatic carboxylic acids is 1. The molecule has 7 heteroatoms. The summed E-state index contributed by atoms with van der Waals surface area (Å²) in [7, 11) is 1.61. The summed E-state index contributed by atoms with van der Waals surface area (Å²) < 4.78 is 7.23. The molecule has 0 saturated heterocycles. The Labute approximate surface area is 179 Å². The number of nitriles is 1. The van der Waals surface area contributed by atoms with Gasteiger partial charge in [0.2, 0.25) is 0 Å². The quantitative estimate of drug-likeness (QED) is 0.460. The van der Waals surface area contributed by atoms with E-state index in [-0.39, 0.29) is 11.1 Å². The second kappa shape index (κ2) is 9.01. The van der Waals surface area contributed by atoms with Crippen molar-refractivity contribution in [2.75, 3.05) is 12.4 Å². The van der Waals surface area contributed by atoms with E-state index in [1.807, 2.05) is 54.8 Å². The minimum atomic E-state index is -1.05. The van der Waals surface area contributed by atoms with Crippen LogP contribution in [0.25, 0.3) is 11.8 Å². The van der Waals surface area contributed by atoms with Crippen molar-refractivity contribution in [1.29, 1.82) is 5.26 Å². The molecule has 0 bridgehead atoms. The second-order valence-electron chi connectivity index (χ2n) is 6.87. The van der Waals surface area contributed by atoms with Crippen LogP contribution in [0.5, 0.6) is 5.75 Å². The van der Waals surface area contributed by atoms with Gasteiger partial charge in [-0.15, -0.1) is 0 Å². The smallest absolute Gasteiger partial charge is 0.335 e. The number of benzene rings is 2. The van der Waals surface area contributed by atoms with Gasteiger partial charge in [0.25, 0.3) is 5.91 Å². The van der Waals surface area contributed by atoms with E-state index in [0.29, 0.717) is 5.69 Å². The first-order valence-corrected chi connectivity index (χ1v) is 9.44. The van der Waals surface area contributed by atoms with E-state index in [0.717, 1.165) is 28.4 Å². The number of aryl methyl sites for hydroxylation is 1. The molecule has 3 aromatic rings. The molecule has 1 aromatic heterocycles. The molecule has 0 aliphatic heterocycles. The van der Waals surface area contributed by atoms with Gasteiger partial charge in [0.05, 0.1) is 12.7 Å². The lowest BCUT2D eigenvalue weighted by molar-refractivity contribution is -0.112. The zero-order valence-corrected chi connectivity index (χ0v) is 17.3. The van der Waals surface area contributed by atoms with Crippen LogP contribution < -0.4 is 10.1 Å². The van der Waals surface area contributed by atoms with Gasteiger partial charge in [-0.05, 0) is 80.1 Å². The Morgan fingerprint density at radius 3 is 2.29 bits per heavy atom. The molecule has 0 unspecified atom stereocenters. The standard InChI is InChI=1S/C24H21N3O4/c1-15-12-18(16(2)27(15)21-8-10-22(31-3)11-9-21)13-19(14-25)23(28)26-20-6-4-17(5-7-20)24(29)30/h4-13H,1-3H3,(H,26,28)(H,29,30)/b19-13-. The molecule has 0 radical (unpaired) electrons.